The number of amides is 1. The van der Waals surface area contributed by atoms with Gasteiger partial charge in [0.25, 0.3) is 0 Å². The van der Waals surface area contributed by atoms with Gasteiger partial charge in [-0.15, -0.1) is 0 Å². The van der Waals surface area contributed by atoms with Gasteiger partial charge >= 0.3 is 12.6 Å². The maximum atomic E-state index is 11.1. The topological polar surface area (TPSA) is 40.2 Å². The van der Waals surface area contributed by atoms with E-state index in [0.717, 1.165) is 0 Å². The van der Waals surface area contributed by atoms with E-state index >= 15 is 0 Å². The zero-order chi connectivity index (χ0) is 6.73. The normalized spacial score (nSPS) is 9.50. The quantitative estimate of drug-likeness (QED) is 0.382. The summed E-state index contributed by atoms with van der Waals surface area (Å²) >= 11 is 0. The van der Waals surface area contributed by atoms with Crippen molar-refractivity contribution in [3.05, 3.63) is 0 Å². The minimum absolute atomic E-state index is 1.69. The molecule has 3 nitrogen and oxygen atoms in total. The Labute approximate surface area is 42.3 Å². The molecular weight excluding hydrogens is 127 g/mol. The summed E-state index contributed by atoms with van der Waals surface area (Å²) in [6.07, 6.45) is -2.54. The van der Waals surface area contributed by atoms with Gasteiger partial charge in [0.2, 0.25) is 0 Å². The molecule has 0 heterocycles. The Morgan fingerprint density at radius 1 is 1.50 bits per heavy atom. The largest absolute Gasteiger partial charge is 0.485 e. The molecule has 0 bridgehead atoms. The van der Waals surface area contributed by atoms with Crippen molar-refractivity contribution < 1.29 is 23.2 Å². The summed E-state index contributed by atoms with van der Waals surface area (Å²) in [6, 6.07) is 0. The molecule has 47 valence electrons. The molecule has 0 aliphatic carbocycles. The van der Waals surface area contributed by atoms with Crippen LogP contribution in [-0.4, -0.2) is 17.8 Å². The van der Waals surface area contributed by atoms with Crippen molar-refractivity contribution in [1.82, 2.24) is 5.12 Å². The van der Waals surface area contributed by atoms with E-state index in [1.807, 2.05) is 0 Å². The van der Waals surface area contributed by atoms with E-state index in [0.29, 0.717) is 0 Å². The molecule has 0 fully saturated rings. The first-order chi connectivity index (χ1) is 3.55. The van der Waals surface area contributed by atoms with E-state index in [-0.39, 0.29) is 0 Å². The van der Waals surface area contributed by atoms with Crippen molar-refractivity contribution in [3.8, 4) is 0 Å². The highest BCUT2D eigenvalue weighted by Gasteiger charge is 2.22. The second kappa shape index (κ2) is 2.39. The van der Waals surface area contributed by atoms with Crippen molar-refractivity contribution >= 4 is 6.09 Å². The molecule has 1 amide bonds. The van der Waals surface area contributed by atoms with Crippen molar-refractivity contribution in [2.75, 3.05) is 0 Å². The minimum atomic E-state index is -3.65. The molecule has 0 rings (SSSR count). The van der Waals surface area contributed by atoms with Crippen LogP contribution in [0.1, 0.15) is 0 Å². The van der Waals surface area contributed by atoms with Gasteiger partial charge in [0.05, 0.1) is 0 Å². The van der Waals surface area contributed by atoms with E-state index < -0.39 is 17.8 Å². The molecule has 1 radical (unpaired) electrons. The van der Waals surface area contributed by atoms with Gasteiger partial charge in [0.1, 0.15) is 0 Å². The number of hydrogen-bond donors (Lipinski definition) is 0. The number of halogens is 3. The molecule has 0 atom stereocenters. The van der Waals surface area contributed by atoms with E-state index in [2.05, 4.69) is 0 Å². The number of hydrogen-bond acceptors (Lipinski definition) is 1. The molecule has 0 N–H and O–H groups in total. The lowest BCUT2D eigenvalue weighted by Crippen LogP contribution is -2.24. The maximum absolute atomic E-state index is 11.1. The lowest BCUT2D eigenvalue weighted by molar-refractivity contribution is -0.124. The molecule has 0 unspecified atom stereocenters. The first kappa shape index (κ1) is 7.06. The summed E-state index contributed by atoms with van der Waals surface area (Å²) in [6.45, 7) is -3.65. The summed E-state index contributed by atoms with van der Waals surface area (Å²) in [5.41, 5.74) is 0. The van der Waals surface area contributed by atoms with Gasteiger partial charge in [0.15, 0.2) is 0 Å². The Hall–Kier alpha value is -0.940. The van der Waals surface area contributed by atoms with Crippen molar-refractivity contribution in [3.63, 3.8) is 0 Å². The van der Waals surface area contributed by atoms with Crippen LogP contribution in [-0.2, 0) is 5.11 Å². The van der Waals surface area contributed by atoms with E-state index in [1.54, 1.807) is 0 Å². The Kier molecular flexibility index (Phi) is 2.11. The van der Waals surface area contributed by atoms with Crippen LogP contribution in [0.3, 0.4) is 0 Å². The first-order valence-electron chi connectivity index (χ1n) is 1.50. The Bertz CT molecular complexity index is 95.3. The molecule has 6 heteroatoms. The van der Waals surface area contributed by atoms with Crippen LogP contribution in [0.25, 0.3) is 0 Å². The molecule has 0 saturated heterocycles. The Balaban J connectivity index is 3.64. The molecule has 0 aromatic heterocycles. The zero-order valence-electron chi connectivity index (χ0n) is 3.47. The zero-order valence-corrected chi connectivity index (χ0v) is 3.47. The second-order valence-corrected chi connectivity index (χ2v) is 0.855. The smallest absolute Gasteiger partial charge is 0.217 e. The van der Waals surface area contributed by atoms with Gasteiger partial charge in [0, 0.05) is 0 Å². The van der Waals surface area contributed by atoms with E-state index in [1.165, 1.54) is 0 Å². The van der Waals surface area contributed by atoms with Crippen LogP contribution in [0.5, 0.6) is 0 Å². The van der Waals surface area contributed by atoms with Gasteiger partial charge in [-0.3, -0.25) is 0 Å². The van der Waals surface area contributed by atoms with Gasteiger partial charge in [-0.1, -0.05) is 9.60 Å². The highest BCUT2D eigenvalue weighted by molar-refractivity contribution is 5.62. The van der Waals surface area contributed by atoms with Crippen molar-refractivity contribution in [2.24, 2.45) is 0 Å². The average Bonchev–Trinajstić information content (AvgIpc) is 1.64. The van der Waals surface area contributed by atoms with Crippen LogP contribution >= 0.6 is 0 Å². The Morgan fingerprint density at radius 3 is 1.88 bits per heavy atom. The summed E-state index contributed by atoms with van der Waals surface area (Å²) < 4.78 is 32.7. The molecule has 0 aromatic rings. The van der Waals surface area contributed by atoms with E-state index in [9.17, 15) is 13.3 Å². The summed E-state index contributed by atoms with van der Waals surface area (Å²) in [5, 5.41) is 7.41. The predicted octanol–water partition coefficient (Wildman–Crippen LogP) is 0.946. The maximum Gasteiger partial charge on any atom is 0.485 e. The van der Waals surface area contributed by atoms with Gasteiger partial charge in [-0.2, -0.15) is 8.78 Å². The third kappa shape index (κ3) is 1.67. The number of carbonyl (C=O) groups excluding carboxylic acids is 1. The van der Waals surface area contributed by atoms with Gasteiger partial charge in [-0.25, -0.2) is 9.90 Å². The average molecular weight is 128 g/mol. The molecule has 0 aromatic carbocycles. The standard InChI is InChI=1S/C2HF3NO2/c3-1(4)6(5)2(7)8/h1H. The number of nitrogens with zero attached hydrogens (tertiary/aromatic N) is 1. The molecule has 8 heavy (non-hydrogen) atoms. The third-order valence-electron chi connectivity index (χ3n) is 0.346. The van der Waals surface area contributed by atoms with Gasteiger partial charge in [-0.05, 0) is 0 Å². The lowest BCUT2D eigenvalue weighted by Gasteiger charge is -2.00. The lowest BCUT2D eigenvalue weighted by atomic mass is 11.0. The molecular formula is C2HF3NO2. The highest BCUT2D eigenvalue weighted by Crippen LogP contribution is 2.02. The van der Waals surface area contributed by atoms with Crippen LogP contribution in [0.2, 0.25) is 0 Å². The monoisotopic (exact) mass is 128 g/mol. The second-order valence-electron chi connectivity index (χ2n) is 0.855. The van der Waals surface area contributed by atoms with Crippen LogP contribution < -0.4 is 0 Å². The van der Waals surface area contributed by atoms with Crippen molar-refractivity contribution in [1.29, 1.82) is 0 Å². The molecule has 0 aliphatic rings. The summed E-state index contributed by atoms with van der Waals surface area (Å²) in [4.78, 5) is 9.10. The first-order valence-corrected chi connectivity index (χ1v) is 1.50. The van der Waals surface area contributed by atoms with Gasteiger partial charge < -0.3 is 0 Å². The summed E-state index contributed by atoms with van der Waals surface area (Å²) in [7, 11) is 0. The summed E-state index contributed by atoms with van der Waals surface area (Å²) in [5.74, 6) is 0. The van der Waals surface area contributed by atoms with Crippen molar-refractivity contribution in [2.45, 2.75) is 6.55 Å². The predicted molar refractivity (Wildman–Crippen MR) is 15.0 cm³/mol. The fourth-order valence-electron chi connectivity index (χ4n) is 0.0797. The molecule has 0 aliphatic heterocycles. The fourth-order valence-corrected chi connectivity index (χ4v) is 0.0797. The van der Waals surface area contributed by atoms with Crippen LogP contribution in [0, 0.1) is 0 Å². The van der Waals surface area contributed by atoms with E-state index in [4.69, 9.17) is 9.90 Å². The number of carbonyl (C=O) groups is 1. The SMILES string of the molecule is [O]C(=O)N(F)C(F)F. The van der Waals surface area contributed by atoms with Crippen LogP contribution in [0.4, 0.5) is 18.1 Å². The third-order valence-corrected chi connectivity index (χ3v) is 0.346. The minimum Gasteiger partial charge on any atom is -0.217 e. The fraction of sp³-hybridized carbons (Fsp3) is 0.500. The number of rotatable bonds is 1. The molecule has 0 spiro atoms. The molecule has 0 saturated carbocycles. The number of alkyl halides is 2. The highest BCUT2D eigenvalue weighted by atomic mass is 19.3. The Morgan fingerprint density at radius 2 is 1.88 bits per heavy atom. The van der Waals surface area contributed by atoms with Crippen LogP contribution in [0.15, 0.2) is 0 Å².